The van der Waals surface area contributed by atoms with Crippen LogP contribution in [0.25, 0.3) is 0 Å². The van der Waals surface area contributed by atoms with Crippen molar-refractivity contribution >= 4 is 35.3 Å². The van der Waals surface area contributed by atoms with Crippen LogP contribution in [0.3, 0.4) is 0 Å². The van der Waals surface area contributed by atoms with Gasteiger partial charge >= 0.3 is 0 Å². The quantitative estimate of drug-likeness (QED) is 0.503. The number of hydrogen-bond acceptors (Lipinski definition) is 2. The third-order valence-corrected chi connectivity index (χ3v) is 1.24. The molecule has 0 aliphatic heterocycles. The summed E-state index contributed by atoms with van der Waals surface area (Å²) in [5.74, 6) is -0.236. The minimum atomic E-state index is -0.413. The number of aliphatic hydroxyl groups is 1. The molecule has 0 fully saturated rings. The van der Waals surface area contributed by atoms with Crippen LogP contribution in [0, 0.1) is 0 Å². The summed E-state index contributed by atoms with van der Waals surface area (Å²) in [6.07, 6.45) is 0. The molecule has 0 atom stereocenters. The van der Waals surface area contributed by atoms with Crippen molar-refractivity contribution in [2.75, 3.05) is 6.61 Å². The average molecular weight is 159 g/mol. The van der Waals surface area contributed by atoms with Crippen LogP contribution in [0.2, 0.25) is 0 Å². The van der Waals surface area contributed by atoms with Crippen LogP contribution in [-0.4, -0.2) is 47.1 Å². The van der Waals surface area contributed by atoms with Crippen LogP contribution in [0.15, 0.2) is 30.3 Å². The smallest absolute Gasteiger partial charge is 0.188 e. The molecule has 1 aromatic rings. The molecule has 0 aromatic heterocycles. The van der Waals surface area contributed by atoms with E-state index in [9.17, 15) is 4.79 Å². The van der Waals surface area contributed by atoms with E-state index in [0.717, 1.165) is 0 Å². The first-order valence-corrected chi connectivity index (χ1v) is 3.03. The summed E-state index contributed by atoms with van der Waals surface area (Å²) in [6.45, 7) is -0.413. The fourth-order valence-corrected chi connectivity index (χ4v) is 0.715. The number of rotatable bonds is 2. The monoisotopic (exact) mass is 159 g/mol. The topological polar surface area (TPSA) is 37.3 Å². The first-order valence-electron chi connectivity index (χ1n) is 3.03. The normalized spacial score (nSPS) is 8.45. The molecule has 0 heterocycles. The number of ketones is 1. The molecule has 0 aliphatic carbocycles. The largest absolute Gasteiger partial charge is 0.388 e. The van der Waals surface area contributed by atoms with Gasteiger partial charge < -0.3 is 5.11 Å². The van der Waals surface area contributed by atoms with Gasteiger partial charge in [0.15, 0.2) is 5.78 Å². The summed E-state index contributed by atoms with van der Waals surface area (Å²) in [6, 6.07) is 8.72. The second-order valence-corrected chi connectivity index (χ2v) is 1.95. The third kappa shape index (κ3) is 3.16. The average Bonchev–Trinajstić information content (AvgIpc) is 2.05. The van der Waals surface area contributed by atoms with E-state index in [0.29, 0.717) is 5.56 Å². The molecule has 53 valence electrons. The zero-order valence-electron chi connectivity index (χ0n) is 6.45. The predicted molar refractivity (Wildman–Crippen MR) is 43.6 cm³/mol. The van der Waals surface area contributed by atoms with Crippen molar-refractivity contribution in [1.82, 2.24) is 0 Å². The maximum Gasteiger partial charge on any atom is 0.188 e. The number of Topliss-reactive ketones (excluding diaryl/α,β-unsaturated/α-hetero) is 1. The van der Waals surface area contributed by atoms with E-state index in [1.54, 1.807) is 24.3 Å². The first kappa shape index (κ1) is 10.8. The molecular weight excluding hydrogens is 151 g/mol. The predicted octanol–water partition coefficient (Wildman–Crippen LogP) is 0.481. The fraction of sp³-hybridized carbons (Fsp3) is 0.125. The van der Waals surface area contributed by atoms with E-state index in [1.165, 1.54) is 0 Å². The van der Waals surface area contributed by atoms with E-state index in [1.807, 2.05) is 6.07 Å². The second-order valence-electron chi connectivity index (χ2n) is 1.95. The zero-order valence-corrected chi connectivity index (χ0v) is 8.45. The molecule has 3 heteroatoms. The van der Waals surface area contributed by atoms with E-state index in [-0.39, 0.29) is 35.3 Å². The molecule has 1 N–H and O–H groups in total. The van der Waals surface area contributed by atoms with Gasteiger partial charge in [0.2, 0.25) is 0 Å². The minimum Gasteiger partial charge on any atom is -0.388 e. The Morgan fingerprint density at radius 3 is 2.27 bits per heavy atom. The SMILES string of the molecule is O=C(CO)c1ccccc1.[Na]. The third-order valence-electron chi connectivity index (χ3n) is 1.24. The number of hydrogen-bond donors (Lipinski definition) is 1. The summed E-state index contributed by atoms with van der Waals surface area (Å²) < 4.78 is 0. The molecule has 0 unspecified atom stereocenters. The number of benzene rings is 1. The van der Waals surface area contributed by atoms with Crippen LogP contribution in [0.5, 0.6) is 0 Å². The van der Waals surface area contributed by atoms with Crippen LogP contribution in [0.4, 0.5) is 0 Å². The molecule has 1 radical (unpaired) electrons. The second kappa shape index (κ2) is 5.49. The van der Waals surface area contributed by atoms with Gasteiger partial charge in [-0.15, -0.1) is 0 Å². The number of carbonyl (C=O) groups is 1. The van der Waals surface area contributed by atoms with Gasteiger partial charge in [0.05, 0.1) is 0 Å². The van der Waals surface area contributed by atoms with Gasteiger partial charge in [-0.25, -0.2) is 0 Å². The summed E-state index contributed by atoms with van der Waals surface area (Å²) in [5.41, 5.74) is 0.560. The molecule has 0 amide bonds. The van der Waals surface area contributed by atoms with Gasteiger partial charge in [-0.1, -0.05) is 30.3 Å². The summed E-state index contributed by atoms with van der Waals surface area (Å²) >= 11 is 0. The number of carbonyl (C=O) groups excluding carboxylic acids is 1. The van der Waals surface area contributed by atoms with Gasteiger partial charge in [0, 0.05) is 35.1 Å². The van der Waals surface area contributed by atoms with Crippen LogP contribution in [0.1, 0.15) is 10.4 Å². The molecule has 0 spiro atoms. The van der Waals surface area contributed by atoms with E-state index in [2.05, 4.69) is 0 Å². The fourth-order valence-electron chi connectivity index (χ4n) is 0.715. The Hall–Kier alpha value is -0.150. The molecule has 1 rings (SSSR count). The molecule has 0 saturated heterocycles. The zero-order chi connectivity index (χ0) is 7.40. The first-order chi connectivity index (χ1) is 4.84. The van der Waals surface area contributed by atoms with Crippen molar-refractivity contribution in [3.8, 4) is 0 Å². The van der Waals surface area contributed by atoms with E-state index < -0.39 is 6.61 Å². The molecule has 1 aromatic carbocycles. The summed E-state index contributed by atoms with van der Waals surface area (Å²) in [4.78, 5) is 10.8. The Labute approximate surface area is 87.5 Å². The summed E-state index contributed by atoms with van der Waals surface area (Å²) in [7, 11) is 0. The van der Waals surface area contributed by atoms with Gasteiger partial charge in [-0.3, -0.25) is 4.79 Å². The molecule has 11 heavy (non-hydrogen) atoms. The van der Waals surface area contributed by atoms with Crippen molar-refractivity contribution < 1.29 is 9.90 Å². The van der Waals surface area contributed by atoms with Crippen molar-refractivity contribution in [3.63, 3.8) is 0 Å². The summed E-state index contributed by atoms with van der Waals surface area (Å²) in [5, 5.41) is 8.44. The Morgan fingerprint density at radius 2 is 1.82 bits per heavy atom. The molecule has 0 saturated carbocycles. The Kier molecular flexibility index (Phi) is 5.42. The Morgan fingerprint density at radius 1 is 1.27 bits per heavy atom. The standard InChI is InChI=1S/C8H8O2.Na/c9-6-8(10)7-4-2-1-3-5-7;/h1-5,9H,6H2;. The maximum absolute atomic E-state index is 10.8. The van der Waals surface area contributed by atoms with Crippen LogP contribution >= 0.6 is 0 Å². The molecule has 0 aliphatic rings. The van der Waals surface area contributed by atoms with Gasteiger partial charge in [0.1, 0.15) is 6.61 Å². The maximum atomic E-state index is 10.8. The number of aliphatic hydroxyl groups excluding tert-OH is 1. The van der Waals surface area contributed by atoms with E-state index in [4.69, 9.17) is 5.11 Å². The van der Waals surface area contributed by atoms with Crippen LogP contribution in [-0.2, 0) is 0 Å². The van der Waals surface area contributed by atoms with Gasteiger partial charge in [0.25, 0.3) is 0 Å². The van der Waals surface area contributed by atoms with Crippen LogP contribution < -0.4 is 0 Å². The Bertz CT molecular complexity index is 221. The van der Waals surface area contributed by atoms with Crippen molar-refractivity contribution in [1.29, 1.82) is 0 Å². The van der Waals surface area contributed by atoms with Crippen molar-refractivity contribution in [3.05, 3.63) is 35.9 Å². The molecule has 0 bridgehead atoms. The Balaban J connectivity index is 0.000001000. The molecule has 2 nitrogen and oxygen atoms in total. The molecular formula is C8H8NaO2. The van der Waals surface area contributed by atoms with Gasteiger partial charge in [-0.2, -0.15) is 0 Å². The van der Waals surface area contributed by atoms with Crippen molar-refractivity contribution in [2.24, 2.45) is 0 Å². The minimum absolute atomic E-state index is 0. The van der Waals surface area contributed by atoms with Gasteiger partial charge in [-0.05, 0) is 0 Å². The van der Waals surface area contributed by atoms with E-state index >= 15 is 0 Å². The van der Waals surface area contributed by atoms with Crippen molar-refractivity contribution in [2.45, 2.75) is 0 Å².